The normalized spacial score (nSPS) is 13.0. The van der Waals surface area contributed by atoms with Crippen molar-refractivity contribution in [3.63, 3.8) is 0 Å². The molecule has 0 amide bonds. The molecular formula is C33H53FN2O. The maximum Gasteiger partial charge on any atom is 0.159 e. The maximum atomic E-state index is 14.3. The Labute approximate surface area is 227 Å². The van der Waals surface area contributed by atoms with Crippen molar-refractivity contribution in [2.45, 2.75) is 136 Å². The zero-order valence-electron chi connectivity index (χ0n) is 24.0. The third-order valence-electron chi connectivity index (χ3n) is 7.35. The molecule has 4 heteroatoms. The van der Waals surface area contributed by atoms with Crippen molar-refractivity contribution in [3.8, 4) is 17.1 Å². The van der Waals surface area contributed by atoms with Crippen molar-refractivity contribution in [2.24, 2.45) is 5.92 Å². The molecule has 0 bridgehead atoms. The molecule has 1 aromatic heterocycles. The predicted octanol–water partition coefficient (Wildman–Crippen LogP) is 10.3. The summed E-state index contributed by atoms with van der Waals surface area (Å²) in [6.07, 6.45) is 23.4. The minimum atomic E-state index is -0.944. The van der Waals surface area contributed by atoms with Crippen molar-refractivity contribution in [2.75, 3.05) is 6.61 Å². The number of halogens is 1. The van der Waals surface area contributed by atoms with Crippen LogP contribution < -0.4 is 4.74 Å². The lowest BCUT2D eigenvalue weighted by Gasteiger charge is -2.13. The summed E-state index contributed by atoms with van der Waals surface area (Å²) in [5.41, 5.74) is 2.37. The van der Waals surface area contributed by atoms with Gasteiger partial charge in [-0.1, -0.05) is 135 Å². The van der Waals surface area contributed by atoms with Crippen LogP contribution in [-0.2, 0) is 6.42 Å². The lowest BCUT2D eigenvalue weighted by molar-refractivity contribution is 0.181. The second-order valence-electron chi connectivity index (χ2n) is 11.0. The topological polar surface area (TPSA) is 35.0 Å². The molecule has 3 nitrogen and oxygen atoms in total. The van der Waals surface area contributed by atoms with E-state index in [0.29, 0.717) is 23.9 Å². The Kier molecular flexibility index (Phi) is 16.9. The van der Waals surface area contributed by atoms with Crippen LogP contribution in [0.15, 0.2) is 36.7 Å². The van der Waals surface area contributed by atoms with Gasteiger partial charge in [0.15, 0.2) is 11.6 Å². The first-order valence-electron chi connectivity index (χ1n) is 15.3. The Bertz CT molecular complexity index is 793. The summed E-state index contributed by atoms with van der Waals surface area (Å²) in [6, 6.07) is 8.57. The van der Waals surface area contributed by atoms with Gasteiger partial charge in [-0.2, -0.15) is 0 Å². The highest BCUT2D eigenvalue weighted by atomic mass is 19.1. The summed E-state index contributed by atoms with van der Waals surface area (Å²) < 4.78 is 19.9. The standard InChI is InChI=1S/C33H53FN2O/c1-4-6-8-9-10-11-12-13-15-19-29-21-23-30(24-22-29)33-35-25-32(26-36-33)37-27-31(34)20-16-18-28(3)17-14-7-5-2/h21-26,28,31H,4-20,27H2,1-3H3. The van der Waals surface area contributed by atoms with Gasteiger partial charge in [-0.25, -0.2) is 14.4 Å². The molecule has 0 saturated carbocycles. The van der Waals surface area contributed by atoms with Crippen molar-refractivity contribution in [1.29, 1.82) is 0 Å². The fraction of sp³-hybridized carbons (Fsp3) is 0.697. The molecule has 1 aromatic carbocycles. The number of aryl methyl sites for hydroxylation is 1. The highest BCUT2D eigenvalue weighted by Crippen LogP contribution is 2.20. The van der Waals surface area contributed by atoms with Gasteiger partial charge in [0, 0.05) is 5.56 Å². The van der Waals surface area contributed by atoms with E-state index in [-0.39, 0.29) is 6.61 Å². The van der Waals surface area contributed by atoms with Gasteiger partial charge in [0.1, 0.15) is 12.8 Å². The number of ether oxygens (including phenoxy) is 1. The third-order valence-corrected chi connectivity index (χ3v) is 7.35. The number of alkyl halides is 1. The Balaban J connectivity index is 1.61. The number of aromatic nitrogens is 2. The van der Waals surface area contributed by atoms with Gasteiger partial charge in [0.2, 0.25) is 0 Å². The fourth-order valence-corrected chi connectivity index (χ4v) is 4.84. The molecule has 0 aliphatic carbocycles. The number of hydrogen-bond acceptors (Lipinski definition) is 3. The van der Waals surface area contributed by atoms with E-state index < -0.39 is 6.17 Å². The molecule has 2 aromatic rings. The van der Waals surface area contributed by atoms with Gasteiger partial charge in [0.05, 0.1) is 12.4 Å². The number of hydrogen-bond donors (Lipinski definition) is 0. The summed E-state index contributed by atoms with van der Waals surface area (Å²) in [5.74, 6) is 1.89. The molecule has 0 spiro atoms. The molecular weight excluding hydrogens is 459 g/mol. The Morgan fingerprint density at radius 3 is 1.92 bits per heavy atom. The van der Waals surface area contributed by atoms with Crippen LogP contribution in [-0.4, -0.2) is 22.7 Å². The van der Waals surface area contributed by atoms with Crippen LogP contribution in [0.4, 0.5) is 4.39 Å². The molecule has 2 unspecified atom stereocenters. The smallest absolute Gasteiger partial charge is 0.159 e. The molecule has 1 heterocycles. The Morgan fingerprint density at radius 1 is 0.703 bits per heavy atom. The van der Waals surface area contributed by atoms with Crippen LogP contribution >= 0.6 is 0 Å². The number of benzene rings is 1. The molecule has 0 fully saturated rings. The molecule has 208 valence electrons. The van der Waals surface area contributed by atoms with E-state index >= 15 is 0 Å². The van der Waals surface area contributed by atoms with E-state index in [0.717, 1.165) is 24.8 Å². The molecule has 37 heavy (non-hydrogen) atoms. The van der Waals surface area contributed by atoms with Crippen molar-refractivity contribution in [3.05, 3.63) is 42.2 Å². The summed E-state index contributed by atoms with van der Waals surface area (Å²) >= 11 is 0. The van der Waals surface area contributed by atoms with Crippen LogP contribution in [0.2, 0.25) is 0 Å². The summed E-state index contributed by atoms with van der Waals surface area (Å²) in [7, 11) is 0. The third kappa shape index (κ3) is 14.5. The summed E-state index contributed by atoms with van der Waals surface area (Å²) in [6.45, 7) is 6.85. The highest BCUT2D eigenvalue weighted by molar-refractivity contribution is 5.55. The zero-order valence-corrected chi connectivity index (χ0v) is 24.0. The molecule has 0 aliphatic rings. The summed E-state index contributed by atoms with van der Waals surface area (Å²) in [4.78, 5) is 8.88. The molecule has 2 rings (SSSR count). The van der Waals surface area contributed by atoms with Crippen LogP contribution in [0, 0.1) is 5.92 Å². The molecule has 2 atom stereocenters. The van der Waals surface area contributed by atoms with Crippen LogP contribution in [0.5, 0.6) is 5.75 Å². The molecule has 0 aliphatic heterocycles. The predicted molar refractivity (Wildman–Crippen MR) is 156 cm³/mol. The van der Waals surface area contributed by atoms with E-state index in [1.54, 1.807) is 12.4 Å². The van der Waals surface area contributed by atoms with E-state index in [4.69, 9.17) is 4.74 Å². The van der Waals surface area contributed by atoms with Crippen molar-refractivity contribution < 1.29 is 9.13 Å². The maximum absolute atomic E-state index is 14.3. The molecule has 0 N–H and O–H groups in total. The number of unbranched alkanes of at least 4 members (excludes halogenated alkanes) is 10. The minimum Gasteiger partial charge on any atom is -0.487 e. The van der Waals surface area contributed by atoms with Crippen LogP contribution in [0.3, 0.4) is 0 Å². The summed E-state index contributed by atoms with van der Waals surface area (Å²) in [5, 5.41) is 0. The van der Waals surface area contributed by atoms with Crippen LogP contribution in [0.1, 0.15) is 129 Å². The first kappa shape index (κ1) is 31.2. The fourth-order valence-electron chi connectivity index (χ4n) is 4.84. The van der Waals surface area contributed by atoms with Gasteiger partial charge in [-0.15, -0.1) is 0 Å². The second kappa shape index (κ2) is 20.1. The Hall–Kier alpha value is -1.97. The minimum absolute atomic E-state index is 0.0699. The van der Waals surface area contributed by atoms with Crippen molar-refractivity contribution in [1.82, 2.24) is 9.97 Å². The average Bonchev–Trinajstić information content (AvgIpc) is 2.92. The Morgan fingerprint density at radius 2 is 1.27 bits per heavy atom. The van der Waals surface area contributed by atoms with E-state index in [2.05, 4.69) is 55.0 Å². The second-order valence-corrected chi connectivity index (χ2v) is 11.0. The van der Waals surface area contributed by atoms with Crippen LogP contribution in [0.25, 0.3) is 11.4 Å². The van der Waals surface area contributed by atoms with E-state index in [1.165, 1.54) is 89.0 Å². The SMILES string of the molecule is CCCCCCCCCCCc1ccc(-c2ncc(OCC(F)CCCC(C)CCCCC)cn2)cc1. The van der Waals surface area contributed by atoms with Gasteiger partial charge in [-0.05, 0) is 30.7 Å². The lowest BCUT2D eigenvalue weighted by atomic mass is 9.97. The van der Waals surface area contributed by atoms with E-state index in [1.807, 2.05) is 0 Å². The molecule has 0 saturated heterocycles. The monoisotopic (exact) mass is 512 g/mol. The van der Waals surface area contributed by atoms with Gasteiger partial charge >= 0.3 is 0 Å². The number of nitrogens with zero attached hydrogens (tertiary/aromatic N) is 2. The van der Waals surface area contributed by atoms with Gasteiger partial charge in [0.25, 0.3) is 0 Å². The first-order chi connectivity index (χ1) is 18.1. The average molecular weight is 513 g/mol. The molecule has 0 radical (unpaired) electrons. The number of rotatable bonds is 22. The van der Waals surface area contributed by atoms with Gasteiger partial charge in [-0.3, -0.25) is 0 Å². The van der Waals surface area contributed by atoms with Crippen molar-refractivity contribution >= 4 is 0 Å². The lowest BCUT2D eigenvalue weighted by Crippen LogP contribution is -2.13. The van der Waals surface area contributed by atoms with E-state index in [9.17, 15) is 4.39 Å². The zero-order chi connectivity index (χ0) is 26.6. The quantitative estimate of drug-likeness (QED) is 0.147. The highest BCUT2D eigenvalue weighted by Gasteiger charge is 2.10. The first-order valence-corrected chi connectivity index (χ1v) is 15.3. The van der Waals surface area contributed by atoms with Gasteiger partial charge < -0.3 is 4.74 Å². The largest absolute Gasteiger partial charge is 0.487 e.